The van der Waals surface area contributed by atoms with Crippen molar-refractivity contribution in [2.24, 2.45) is 0 Å². The summed E-state index contributed by atoms with van der Waals surface area (Å²) in [7, 11) is 10.8. The number of carbonyl (C=O) groups excluding carboxylic acids is 4. The van der Waals surface area contributed by atoms with Crippen molar-refractivity contribution in [2.45, 2.75) is 91.4 Å². The summed E-state index contributed by atoms with van der Waals surface area (Å²) < 4.78 is 12.2. The first kappa shape index (κ1) is 47.2. The number of halogens is 2. The van der Waals surface area contributed by atoms with Crippen molar-refractivity contribution in [1.29, 1.82) is 0 Å². The second-order valence-electron chi connectivity index (χ2n) is 14.5. The molecule has 0 spiro atoms. The number of rotatable bonds is 19. The summed E-state index contributed by atoms with van der Waals surface area (Å²) >= 11 is 0. The van der Waals surface area contributed by atoms with Crippen LogP contribution in [0.15, 0.2) is 48.5 Å². The molecule has 2 aromatic rings. The van der Waals surface area contributed by atoms with E-state index in [-0.39, 0.29) is 57.6 Å². The van der Waals surface area contributed by atoms with Crippen LogP contribution in [0.5, 0.6) is 11.5 Å². The van der Waals surface area contributed by atoms with Crippen LogP contribution in [-0.2, 0) is 22.7 Å². The Hall–Kier alpha value is -2.80. The number of hydrogen-bond acceptors (Lipinski definition) is 6. The number of ketones is 2. The molecule has 2 atom stereocenters. The predicted octanol–water partition coefficient (Wildman–Crippen LogP) is 0.704. The first-order valence-corrected chi connectivity index (χ1v) is 17.1. The maximum atomic E-state index is 13.1. The van der Waals surface area contributed by atoms with Gasteiger partial charge in [0.15, 0.2) is 11.6 Å². The van der Waals surface area contributed by atoms with Crippen LogP contribution >= 0.6 is 0 Å². The van der Waals surface area contributed by atoms with E-state index in [2.05, 4.69) is 41.8 Å². The van der Waals surface area contributed by atoms with Gasteiger partial charge in [-0.2, -0.15) is 0 Å². The molecule has 0 saturated heterocycles. The Labute approximate surface area is 321 Å². The largest absolute Gasteiger partial charge is 1.00 e. The van der Waals surface area contributed by atoms with Crippen molar-refractivity contribution in [3.8, 4) is 11.5 Å². The van der Waals surface area contributed by atoms with E-state index in [1.54, 1.807) is 40.3 Å². The summed E-state index contributed by atoms with van der Waals surface area (Å²) in [5.74, 6) is 1.47. The molecular formula is C38H60Br2N4O6. The van der Waals surface area contributed by atoms with Gasteiger partial charge in [0.05, 0.1) is 26.2 Å². The average molecular weight is 829 g/mol. The fourth-order valence-electron chi connectivity index (χ4n) is 5.42. The van der Waals surface area contributed by atoms with Gasteiger partial charge in [0.25, 0.3) is 0 Å². The summed E-state index contributed by atoms with van der Waals surface area (Å²) in [5.41, 5.74) is 1.79. The summed E-state index contributed by atoms with van der Waals surface area (Å²) in [6.45, 7) is 10.4. The third kappa shape index (κ3) is 15.2. The molecule has 282 valence electrons. The zero-order valence-corrected chi connectivity index (χ0v) is 35.0. The molecule has 0 aliphatic carbocycles. The van der Waals surface area contributed by atoms with Crippen LogP contribution in [-0.4, -0.2) is 110 Å². The van der Waals surface area contributed by atoms with E-state index in [1.165, 1.54) is 9.80 Å². The van der Waals surface area contributed by atoms with E-state index in [0.29, 0.717) is 59.5 Å². The lowest BCUT2D eigenvalue weighted by atomic mass is 10.0. The highest BCUT2D eigenvalue weighted by Crippen LogP contribution is 2.27. The minimum Gasteiger partial charge on any atom is -1.00 e. The van der Waals surface area contributed by atoms with Gasteiger partial charge in [-0.3, -0.25) is 9.59 Å². The number of para-hydroxylation sites is 2. The molecule has 0 N–H and O–H groups in total. The van der Waals surface area contributed by atoms with Crippen molar-refractivity contribution >= 4 is 23.8 Å². The lowest BCUT2D eigenvalue weighted by molar-refractivity contribution is -0.935. The number of amides is 2. The first-order valence-electron chi connectivity index (χ1n) is 17.1. The van der Waals surface area contributed by atoms with Gasteiger partial charge in [-0.15, -0.1) is 0 Å². The van der Waals surface area contributed by atoms with Crippen LogP contribution in [0.4, 0.5) is 9.59 Å². The molecule has 0 radical (unpaired) electrons. The van der Waals surface area contributed by atoms with Gasteiger partial charge < -0.3 is 62.2 Å². The number of benzene rings is 2. The fourth-order valence-corrected chi connectivity index (χ4v) is 5.42. The van der Waals surface area contributed by atoms with Gasteiger partial charge >= 0.3 is 12.2 Å². The van der Waals surface area contributed by atoms with Crippen LogP contribution in [0, 0.1) is 0 Å². The Balaban J connectivity index is 0.0000120. The van der Waals surface area contributed by atoms with E-state index in [1.807, 2.05) is 36.4 Å². The maximum absolute atomic E-state index is 13.1. The Bertz CT molecular complexity index is 1280. The molecule has 12 heteroatoms. The van der Waals surface area contributed by atoms with Crippen LogP contribution in [0.1, 0.15) is 77.3 Å². The lowest BCUT2D eigenvalue weighted by Crippen LogP contribution is -3.00. The number of nitrogens with zero attached hydrogens (tertiary/aromatic N) is 4. The molecule has 50 heavy (non-hydrogen) atoms. The summed E-state index contributed by atoms with van der Waals surface area (Å²) in [4.78, 5) is 53.5. The minimum absolute atomic E-state index is 0. The van der Waals surface area contributed by atoms with Crippen LogP contribution < -0.4 is 43.4 Å². The molecule has 2 amide bonds. The van der Waals surface area contributed by atoms with Crippen LogP contribution in [0.25, 0.3) is 0 Å². The number of carbonyl (C=O) groups is 4. The third-order valence-corrected chi connectivity index (χ3v) is 9.36. The fraction of sp³-hybridized carbons (Fsp3) is 0.579. The number of Topliss-reactive ketones (excluding diaryl/α,β-unsaturated/α-hetero) is 2. The Morgan fingerprint density at radius 3 is 1.20 bits per heavy atom. The van der Waals surface area contributed by atoms with Crippen LogP contribution in [0.2, 0.25) is 0 Å². The van der Waals surface area contributed by atoms with E-state index >= 15 is 0 Å². The summed E-state index contributed by atoms with van der Waals surface area (Å²) in [5, 5.41) is 0. The molecule has 2 unspecified atom stereocenters. The number of unbranched alkanes of at least 4 members (excludes halogenated alkanes) is 3. The molecule has 2 rings (SSSR count). The lowest BCUT2D eigenvalue weighted by Gasteiger charge is -2.38. The SMILES string of the molecule is CC(C)[N+](C)(CC(=O)CCCCCCC(=O)C[N+](C)(Cc1ccccc1OC(=O)N(C)C)C(C)C)Cc1ccccc1OC(=O)N(C)C.[Br-].[Br-]. The number of quaternary nitrogens is 2. The smallest absolute Gasteiger partial charge is 0.414 e. The van der Waals surface area contributed by atoms with E-state index < -0.39 is 12.2 Å². The van der Waals surface area contributed by atoms with Crippen molar-refractivity contribution in [3.05, 3.63) is 59.7 Å². The Kier molecular flexibility index (Phi) is 21.0. The Morgan fingerprint density at radius 2 is 0.900 bits per heavy atom. The monoisotopic (exact) mass is 826 g/mol. The van der Waals surface area contributed by atoms with Crippen molar-refractivity contribution in [3.63, 3.8) is 0 Å². The molecule has 2 aromatic carbocycles. The molecular weight excluding hydrogens is 768 g/mol. The van der Waals surface area contributed by atoms with Gasteiger partial charge in [0, 0.05) is 52.2 Å². The maximum Gasteiger partial charge on any atom is 0.414 e. The first-order chi connectivity index (χ1) is 22.5. The van der Waals surface area contributed by atoms with E-state index in [9.17, 15) is 19.2 Å². The highest BCUT2D eigenvalue weighted by Gasteiger charge is 2.32. The summed E-state index contributed by atoms with van der Waals surface area (Å²) in [6, 6.07) is 15.4. The molecule has 10 nitrogen and oxygen atoms in total. The molecule has 0 aromatic heterocycles. The van der Waals surface area contributed by atoms with Gasteiger partial charge in [0.2, 0.25) is 0 Å². The second kappa shape index (κ2) is 22.2. The molecule has 0 heterocycles. The molecule has 0 fully saturated rings. The number of hydrogen-bond donors (Lipinski definition) is 0. The zero-order valence-electron chi connectivity index (χ0n) is 31.8. The zero-order chi connectivity index (χ0) is 36.1. The van der Waals surface area contributed by atoms with E-state index in [0.717, 1.165) is 36.8 Å². The van der Waals surface area contributed by atoms with Gasteiger partial charge in [-0.05, 0) is 64.8 Å². The minimum atomic E-state index is -0.433. The number of ether oxygens (including phenoxy) is 2. The predicted molar refractivity (Wildman–Crippen MR) is 190 cm³/mol. The molecule has 0 aliphatic heterocycles. The van der Waals surface area contributed by atoms with Crippen molar-refractivity contribution in [2.75, 3.05) is 55.4 Å². The van der Waals surface area contributed by atoms with E-state index in [4.69, 9.17) is 9.47 Å². The Morgan fingerprint density at radius 1 is 0.580 bits per heavy atom. The molecule has 0 saturated carbocycles. The number of likely N-dealkylation sites (N-methyl/N-ethyl adjacent to an activating group) is 2. The highest BCUT2D eigenvalue weighted by molar-refractivity contribution is 5.80. The summed E-state index contributed by atoms with van der Waals surface area (Å²) in [6.07, 6.45) is 3.53. The second-order valence-corrected chi connectivity index (χ2v) is 14.5. The average Bonchev–Trinajstić information content (AvgIpc) is 3.00. The van der Waals surface area contributed by atoms with Crippen LogP contribution in [0.3, 0.4) is 0 Å². The molecule has 0 bridgehead atoms. The highest BCUT2D eigenvalue weighted by atomic mass is 79.9. The normalized spacial score (nSPS) is 13.3. The molecule has 0 aliphatic rings. The standard InChI is InChI=1S/C38H60N4O6.2BrH/c1-29(2)41(9,25-31-19-15-17-23-35(31)47-37(45)39(5)6)27-33(43)21-13-11-12-14-22-34(44)28-42(10,30(3)4)26-32-20-16-18-24-36(32)48-38(46)40(7)8;;/h15-20,23-24,29-30H,11-14,21-22,25-28H2,1-10H3;2*1H/q+2;;/p-2. The van der Waals surface area contributed by atoms with Gasteiger partial charge in [-0.25, -0.2) is 9.59 Å². The van der Waals surface area contributed by atoms with Gasteiger partial charge in [0.1, 0.15) is 37.7 Å². The topological polar surface area (TPSA) is 93.2 Å². The van der Waals surface area contributed by atoms with Crippen molar-refractivity contribution < 1.29 is 71.6 Å². The quantitative estimate of drug-likeness (QED) is 0.153. The van der Waals surface area contributed by atoms with Gasteiger partial charge in [-0.1, -0.05) is 37.1 Å². The van der Waals surface area contributed by atoms with Crippen molar-refractivity contribution in [1.82, 2.24) is 9.80 Å². The third-order valence-electron chi connectivity index (χ3n) is 9.36.